The van der Waals surface area contributed by atoms with Gasteiger partial charge in [0.1, 0.15) is 5.75 Å². The maximum absolute atomic E-state index is 13.4. The van der Waals surface area contributed by atoms with Crippen molar-refractivity contribution in [2.24, 2.45) is 0 Å². The number of fused-ring (bicyclic) bond motifs is 2. The molecule has 4 aromatic rings. The molecular weight excluding hydrogens is 452 g/mol. The molecule has 0 saturated carbocycles. The minimum Gasteiger partial charge on any atom is -0.494 e. The van der Waals surface area contributed by atoms with Gasteiger partial charge in [0.2, 0.25) is 0 Å². The van der Waals surface area contributed by atoms with Crippen molar-refractivity contribution in [1.82, 2.24) is 4.98 Å². The number of nitrogens with zero attached hydrogens (tertiary/aromatic N) is 1. The number of hydrogen-bond acceptors (Lipinski definition) is 5. The number of carbonyl (C=O) groups excluding carboxylic acids is 2. The van der Waals surface area contributed by atoms with Gasteiger partial charge in [-0.2, -0.15) is 0 Å². The minimum atomic E-state index is -0.500. The summed E-state index contributed by atoms with van der Waals surface area (Å²) in [6.07, 6.45) is 2.47. The number of anilines is 1. The first-order chi connectivity index (χ1) is 17.6. The number of para-hydroxylation sites is 1. The largest absolute Gasteiger partial charge is 0.494 e. The Morgan fingerprint density at radius 2 is 1.72 bits per heavy atom. The van der Waals surface area contributed by atoms with Gasteiger partial charge in [0, 0.05) is 16.8 Å². The number of amides is 1. The van der Waals surface area contributed by atoms with Gasteiger partial charge in [0.05, 0.1) is 17.7 Å². The fraction of sp³-hybridized carbons (Fsp3) is 0.233. The highest BCUT2D eigenvalue weighted by Crippen LogP contribution is 2.36. The zero-order chi connectivity index (χ0) is 24.9. The standard InChI is InChI=1S/C30H28N2O4/c1-2-35-23-15-13-22(14-16-23)31-28(33)19-36-30(34)29-24-10-6-7-11-26(24)32-27-17-12-21(18-25(27)29)20-8-4-3-5-9-20/h3-11,13-16,21H,2,12,17-19H2,1H3,(H,31,33). The zero-order valence-corrected chi connectivity index (χ0v) is 20.2. The van der Waals surface area contributed by atoms with Crippen LogP contribution in [0.2, 0.25) is 0 Å². The third-order valence-corrected chi connectivity index (χ3v) is 6.52. The van der Waals surface area contributed by atoms with Crippen LogP contribution in [0.3, 0.4) is 0 Å². The monoisotopic (exact) mass is 480 g/mol. The lowest BCUT2D eigenvalue weighted by Gasteiger charge is -2.26. The maximum Gasteiger partial charge on any atom is 0.339 e. The number of nitrogens with one attached hydrogen (secondary N) is 1. The Labute approximate surface area is 210 Å². The number of hydrogen-bond donors (Lipinski definition) is 1. The number of esters is 1. The van der Waals surface area contributed by atoms with E-state index in [4.69, 9.17) is 14.5 Å². The summed E-state index contributed by atoms with van der Waals surface area (Å²) < 4.78 is 11.0. The Bertz CT molecular complexity index is 1380. The minimum absolute atomic E-state index is 0.302. The fourth-order valence-corrected chi connectivity index (χ4v) is 4.83. The quantitative estimate of drug-likeness (QED) is 0.343. The smallest absolute Gasteiger partial charge is 0.339 e. The predicted molar refractivity (Wildman–Crippen MR) is 139 cm³/mol. The molecule has 0 spiro atoms. The lowest BCUT2D eigenvalue weighted by Crippen LogP contribution is -2.23. The molecule has 1 aliphatic carbocycles. The predicted octanol–water partition coefficient (Wildman–Crippen LogP) is 5.70. The van der Waals surface area contributed by atoms with Crippen LogP contribution in [-0.2, 0) is 22.4 Å². The summed E-state index contributed by atoms with van der Waals surface area (Å²) in [5, 5.41) is 3.51. The van der Waals surface area contributed by atoms with E-state index in [0.29, 0.717) is 30.2 Å². The molecule has 1 heterocycles. The van der Waals surface area contributed by atoms with Crippen LogP contribution in [0, 0.1) is 0 Å². The molecule has 3 aromatic carbocycles. The molecule has 0 aliphatic heterocycles. The highest BCUT2D eigenvalue weighted by molar-refractivity contribution is 6.06. The fourth-order valence-electron chi connectivity index (χ4n) is 4.83. The number of aromatic nitrogens is 1. The van der Waals surface area contributed by atoms with Crippen molar-refractivity contribution in [2.75, 3.05) is 18.5 Å². The molecule has 1 aromatic heterocycles. The van der Waals surface area contributed by atoms with Crippen LogP contribution < -0.4 is 10.1 Å². The SMILES string of the molecule is CCOc1ccc(NC(=O)COC(=O)c2c3c(nc4ccccc24)CCC(c2ccccc2)C3)cc1. The first-order valence-electron chi connectivity index (χ1n) is 12.3. The van der Waals surface area contributed by atoms with Crippen LogP contribution in [0.5, 0.6) is 5.75 Å². The lowest BCUT2D eigenvalue weighted by molar-refractivity contribution is -0.119. The molecule has 1 amide bonds. The molecule has 1 N–H and O–H groups in total. The van der Waals surface area contributed by atoms with Crippen molar-refractivity contribution in [3.05, 3.63) is 101 Å². The first-order valence-corrected chi connectivity index (χ1v) is 12.3. The number of rotatable bonds is 7. The maximum atomic E-state index is 13.4. The van der Waals surface area contributed by atoms with Gasteiger partial charge in [-0.3, -0.25) is 9.78 Å². The molecule has 6 heteroatoms. The Balaban J connectivity index is 1.36. The second-order valence-electron chi connectivity index (χ2n) is 8.86. The molecule has 6 nitrogen and oxygen atoms in total. The molecule has 5 rings (SSSR count). The highest BCUT2D eigenvalue weighted by Gasteiger charge is 2.28. The van der Waals surface area contributed by atoms with E-state index in [0.717, 1.165) is 40.8 Å². The van der Waals surface area contributed by atoms with E-state index in [9.17, 15) is 9.59 Å². The van der Waals surface area contributed by atoms with Crippen LogP contribution in [0.4, 0.5) is 5.69 Å². The van der Waals surface area contributed by atoms with Gasteiger partial charge < -0.3 is 14.8 Å². The van der Waals surface area contributed by atoms with Gasteiger partial charge in [-0.15, -0.1) is 0 Å². The third kappa shape index (κ3) is 5.08. The third-order valence-electron chi connectivity index (χ3n) is 6.52. The molecule has 0 bridgehead atoms. The van der Waals surface area contributed by atoms with Gasteiger partial charge in [-0.05, 0) is 73.6 Å². The number of aryl methyl sites for hydroxylation is 1. The average Bonchev–Trinajstić information content (AvgIpc) is 2.92. The first kappa shape index (κ1) is 23.5. The number of pyridine rings is 1. The molecule has 0 radical (unpaired) electrons. The molecule has 182 valence electrons. The van der Waals surface area contributed by atoms with Crippen molar-refractivity contribution >= 4 is 28.5 Å². The van der Waals surface area contributed by atoms with Gasteiger partial charge in [0.15, 0.2) is 6.61 Å². The second-order valence-corrected chi connectivity index (χ2v) is 8.86. The molecular formula is C30H28N2O4. The summed E-state index contributed by atoms with van der Waals surface area (Å²) in [5.41, 5.74) is 5.00. The Morgan fingerprint density at radius 1 is 0.972 bits per heavy atom. The van der Waals surface area contributed by atoms with E-state index < -0.39 is 11.9 Å². The van der Waals surface area contributed by atoms with Crippen molar-refractivity contribution in [3.8, 4) is 5.75 Å². The average molecular weight is 481 g/mol. The normalized spacial score (nSPS) is 14.6. The van der Waals surface area contributed by atoms with E-state index in [2.05, 4.69) is 17.4 Å². The molecule has 0 saturated heterocycles. The number of carbonyl (C=O) groups is 2. The molecule has 1 unspecified atom stereocenters. The van der Waals surface area contributed by atoms with E-state index >= 15 is 0 Å². The van der Waals surface area contributed by atoms with Crippen LogP contribution >= 0.6 is 0 Å². The lowest BCUT2D eigenvalue weighted by atomic mass is 9.80. The summed E-state index contributed by atoms with van der Waals surface area (Å²) in [5.74, 6) is 0.128. The topological polar surface area (TPSA) is 77.5 Å². The Morgan fingerprint density at radius 3 is 2.50 bits per heavy atom. The summed E-state index contributed by atoms with van der Waals surface area (Å²) >= 11 is 0. The van der Waals surface area contributed by atoms with Gasteiger partial charge in [-0.1, -0.05) is 48.5 Å². The summed E-state index contributed by atoms with van der Waals surface area (Å²) in [4.78, 5) is 30.8. The van der Waals surface area contributed by atoms with E-state index in [1.807, 2.05) is 49.4 Å². The van der Waals surface area contributed by atoms with E-state index in [1.54, 1.807) is 24.3 Å². The van der Waals surface area contributed by atoms with Crippen LogP contribution in [0.25, 0.3) is 10.9 Å². The van der Waals surface area contributed by atoms with Crippen molar-refractivity contribution in [2.45, 2.75) is 32.1 Å². The molecule has 1 atom stereocenters. The molecule has 36 heavy (non-hydrogen) atoms. The van der Waals surface area contributed by atoms with Crippen molar-refractivity contribution in [3.63, 3.8) is 0 Å². The van der Waals surface area contributed by atoms with Crippen LogP contribution in [0.1, 0.15) is 46.4 Å². The molecule has 1 aliphatic rings. The van der Waals surface area contributed by atoms with Gasteiger partial charge in [-0.25, -0.2) is 4.79 Å². The number of ether oxygens (including phenoxy) is 2. The van der Waals surface area contributed by atoms with Gasteiger partial charge >= 0.3 is 5.97 Å². The van der Waals surface area contributed by atoms with Crippen molar-refractivity contribution < 1.29 is 19.1 Å². The van der Waals surface area contributed by atoms with Crippen molar-refractivity contribution in [1.29, 1.82) is 0 Å². The highest BCUT2D eigenvalue weighted by atomic mass is 16.5. The Kier molecular flexibility index (Phi) is 6.94. The second kappa shape index (κ2) is 10.6. The summed E-state index contributed by atoms with van der Waals surface area (Å²) in [6.45, 7) is 2.11. The zero-order valence-electron chi connectivity index (χ0n) is 20.2. The van der Waals surface area contributed by atoms with E-state index in [1.165, 1.54) is 5.56 Å². The Hall–Kier alpha value is -4.19. The summed E-state index contributed by atoms with van der Waals surface area (Å²) in [6, 6.07) is 25.0. The van der Waals surface area contributed by atoms with Crippen LogP contribution in [0.15, 0.2) is 78.9 Å². The summed E-state index contributed by atoms with van der Waals surface area (Å²) in [7, 11) is 0. The van der Waals surface area contributed by atoms with Gasteiger partial charge in [0.25, 0.3) is 5.91 Å². The van der Waals surface area contributed by atoms with Crippen LogP contribution in [-0.4, -0.2) is 30.1 Å². The molecule has 0 fully saturated rings. The number of benzene rings is 3. The van der Waals surface area contributed by atoms with E-state index in [-0.39, 0.29) is 6.61 Å².